The second kappa shape index (κ2) is 8.13. The molecule has 0 atom stereocenters. The maximum Gasteiger partial charge on any atom is 0.206 e. The summed E-state index contributed by atoms with van der Waals surface area (Å²) in [7, 11) is 0. The Bertz CT molecular complexity index is 1190. The Hall–Kier alpha value is -2.69. The number of ketones is 1. The van der Waals surface area contributed by atoms with Crippen LogP contribution in [0, 0.1) is 14.9 Å². The summed E-state index contributed by atoms with van der Waals surface area (Å²) in [5.41, 5.74) is 2.13. The summed E-state index contributed by atoms with van der Waals surface area (Å²) < 4.78 is 8.32. The summed E-state index contributed by atoms with van der Waals surface area (Å²) in [6.07, 6.45) is 0. The van der Waals surface area contributed by atoms with E-state index in [0.717, 1.165) is 15.6 Å². The second-order valence-corrected chi connectivity index (χ2v) is 8.49. The molecule has 0 saturated heterocycles. The van der Waals surface area contributed by atoms with Crippen LogP contribution in [0.3, 0.4) is 0 Å². The van der Waals surface area contributed by atoms with E-state index in [0.29, 0.717) is 28.4 Å². The number of ether oxygens (including phenoxy) is 1. The van der Waals surface area contributed by atoms with Crippen molar-refractivity contribution in [2.75, 3.05) is 0 Å². The van der Waals surface area contributed by atoms with Gasteiger partial charge in [-0.25, -0.2) is 0 Å². The van der Waals surface area contributed by atoms with E-state index >= 15 is 0 Å². The fraction of sp³-hybridized carbons (Fsp3) is 0.0435. The molecule has 4 rings (SSSR count). The maximum atomic E-state index is 13.1. The van der Waals surface area contributed by atoms with Gasteiger partial charge in [0.15, 0.2) is 0 Å². The van der Waals surface area contributed by atoms with Crippen LogP contribution in [0.1, 0.15) is 26.4 Å². The molecule has 0 N–H and O–H groups in total. The molecule has 28 heavy (non-hydrogen) atoms. The summed E-state index contributed by atoms with van der Waals surface area (Å²) in [6.45, 7) is 0.394. The quantitative estimate of drug-likeness (QED) is 0.245. The van der Waals surface area contributed by atoms with Gasteiger partial charge in [-0.2, -0.15) is 5.26 Å². The smallest absolute Gasteiger partial charge is 0.206 e. The highest BCUT2D eigenvalue weighted by atomic mass is 127. The van der Waals surface area contributed by atoms with Crippen LogP contribution in [-0.4, -0.2) is 5.78 Å². The van der Waals surface area contributed by atoms with E-state index in [4.69, 9.17) is 10.00 Å². The summed E-state index contributed by atoms with van der Waals surface area (Å²) >= 11 is 3.70. The summed E-state index contributed by atoms with van der Waals surface area (Å²) in [5, 5.41) is 9.91. The first kappa shape index (κ1) is 18.7. The molecule has 1 heterocycles. The van der Waals surface area contributed by atoms with Crippen molar-refractivity contribution in [2.45, 2.75) is 6.61 Å². The number of nitrogens with zero attached hydrogens (tertiary/aromatic N) is 1. The number of benzene rings is 3. The predicted octanol–water partition coefficient (Wildman–Crippen LogP) is 6.19. The molecule has 0 amide bonds. The minimum absolute atomic E-state index is 0.0942. The molecule has 0 aliphatic carbocycles. The Morgan fingerprint density at radius 2 is 1.71 bits per heavy atom. The van der Waals surface area contributed by atoms with Crippen LogP contribution in [0.15, 0.2) is 72.8 Å². The van der Waals surface area contributed by atoms with Crippen LogP contribution < -0.4 is 4.74 Å². The maximum absolute atomic E-state index is 13.1. The zero-order valence-electron chi connectivity index (χ0n) is 14.7. The highest BCUT2D eigenvalue weighted by Crippen LogP contribution is 2.39. The molecule has 0 aliphatic rings. The SMILES string of the molecule is N#Cc1ccc(C(=O)c2sc3ccccc3c2OCc2ccc(I)cc2)cc1. The standard InChI is InChI=1S/C23H14INO2S/c24-18-11-7-16(8-12-18)14-27-22-19-3-1-2-4-20(19)28-23(22)21(26)17-9-5-15(13-25)6-10-17/h1-12H,14H2. The number of hydrogen-bond acceptors (Lipinski definition) is 4. The Morgan fingerprint density at radius 1 is 1.00 bits per heavy atom. The van der Waals surface area contributed by atoms with Gasteiger partial charge in [0.2, 0.25) is 5.78 Å². The molecule has 4 aromatic rings. The lowest BCUT2D eigenvalue weighted by molar-refractivity contribution is 0.103. The Kier molecular flexibility index (Phi) is 5.42. The Labute approximate surface area is 180 Å². The van der Waals surface area contributed by atoms with Gasteiger partial charge in [0.05, 0.1) is 11.6 Å². The van der Waals surface area contributed by atoms with Crippen molar-refractivity contribution in [1.82, 2.24) is 0 Å². The van der Waals surface area contributed by atoms with Gasteiger partial charge in [-0.05, 0) is 76.7 Å². The van der Waals surface area contributed by atoms with Crippen molar-refractivity contribution in [2.24, 2.45) is 0 Å². The number of nitriles is 1. The monoisotopic (exact) mass is 495 g/mol. The van der Waals surface area contributed by atoms with Crippen molar-refractivity contribution in [3.63, 3.8) is 0 Å². The molecule has 0 fully saturated rings. The molecule has 0 saturated carbocycles. The molecule has 0 bridgehead atoms. The Balaban J connectivity index is 1.70. The van der Waals surface area contributed by atoms with E-state index in [1.807, 2.05) is 48.5 Å². The van der Waals surface area contributed by atoms with Crippen LogP contribution in [0.4, 0.5) is 0 Å². The lowest BCUT2D eigenvalue weighted by Gasteiger charge is -2.08. The van der Waals surface area contributed by atoms with E-state index in [9.17, 15) is 4.79 Å². The van der Waals surface area contributed by atoms with Crippen LogP contribution in [0.5, 0.6) is 5.75 Å². The minimum atomic E-state index is -0.0942. The molecular weight excluding hydrogens is 481 g/mol. The van der Waals surface area contributed by atoms with Gasteiger partial charge in [0.1, 0.15) is 17.2 Å². The van der Waals surface area contributed by atoms with E-state index in [2.05, 4.69) is 28.7 Å². The zero-order valence-corrected chi connectivity index (χ0v) is 17.7. The molecule has 3 aromatic carbocycles. The van der Waals surface area contributed by atoms with Gasteiger partial charge in [-0.15, -0.1) is 11.3 Å². The van der Waals surface area contributed by atoms with Crippen molar-refractivity contribution in [3.8, 4) is 11.8 Å². The number of rotatable bonds is 5. The van der Waals surface area contributed by atoms with E-state index in [1.54, 1.807) is 24.3 Å². The summed E-state index contributed by atoms with van der Waals surface area (Å²) in [4.78, 5) is 13.7. The third-order valence-corrected chi connectivity index (χ3v) is 6.20. The van der Waals surface area contributed by atoms with Crippen LogP contribution in [0.2, 0.25) is 0 Å². The molecule has 1 aromatic heterocycles. The molecular formula is C23H14INO2S. The van der Waals surface area contributed by atoms with Gasteiger partial charge in [-0.3, -0.25) is 4.79 Å². The average Bonchev–Trinajstić information content (AvgIpc) is 3.11. The number of halogens is 1. The molecule has 0 radical (unpaired) electrons. The molecule has 0 aliphatic heterocycles. The van der Waals surface area contributed by atoms with Gasteiger partial charge in [-0.1, -0.05) is 24.3 Å². The van der Waals surface area contributed by atoms with Crippen molar-refractivity contribution in [3.05, 3.63) is 97.9 Å². The second-order valence-electron chi connectivity index (χ2n) is 6.19. The van der Waals surface area contributed by atoms with Crippen LogP contribution in [0.25, 0.3) is 10.1 Å². The zero-order chi connectivity index (χ0) is 19.5. The van der Waals surface area contributed by atoms with Gasteiger partial charge < -0.3 is 4.74 Å². The van der Waals surface area contributed by atoms with Crippen LogP contribution >= 0.6 is 33.9 Å². The molecule has 0 spiro atoms. The number of thiophene rings is 1. The molecule has 0 unspecified atom stereocenters. The van der Waals surface area contributed by atoms with Gasteiger partial charge >= 0.3 is 0 Å². The molecule has 5 heteroatoms. The van der Waals surface area contributed by atoms with Gasteiger partial charge in [0.25, 0.3) is 0 Å². The number of hydrogen-bond donors (Lipinski definition) is 0. The minimum Gasteiger partial charge on any atom is -0.487 e. The third kappa shape index (κ3) is 3.79. The van der Waals surface area contributed by atoms with E-state index in [-0.39, 0.29) is 5.78 Å². The van der Waals surface area contributed by atoms with Gasteiger partial charge in [0, 0.05) is 19.2 Å². The highest BCUT2D eigenvalue weighted by molar-refractivity contribution is 14.1. The molecule has 3 nitrogen and oxygen atoms in total. The van der Waals surface area contributed by atoms with Crippen molar-refractivity contribution < 1.29 is 9.53 Å². The first-order valence-electron chi connectivity index (χ1n) is 8.59. The number of carbonyl (C=O) groups excluding carboxylic acids is 1. The lowest BCUT2D eigenvalue weighted by atomic mass is 10.1. The first-order chi connectivity index (χ1) is 13.7. The fourth-order valence-corrected chi connectivity index (χ4v) is 4.35. The third-order valence-electron chi connectivity index (χ3n) is 4.33. The van der Waals surface area contributed by atoms with Crippen molar-refractivity contribution in [1.29, 1.82) is 5.26 Å². The van der Waals surface area contributed by atoms with Crippen LogP contribution in [-0.2, 0) is 6.61 Å². The van der Waals surface area contributed by atoms with E-state index < -0.39 is 0 Å². The topological polar surface area (TPSA) is 50.1 Å². The highest BCUT2D eigenvalue weighted by Gasteiger charge is 2.21. The predicted molar refractivity (Wildman–Crippen MR) is 120 cm³/mol. The lowest BCUT2D eigenvalue weighted by Crippen LogP contribution is -2.03. The van der Waals surface area contributed by atoms with E-state index in [1.165, 1.54) is 14.9 Å². The Morgan fingerprint density at radius 3 is 2.43 bits per heavy atom. The largest absolute Gasteiger partial charge is 0.487 e. The summed E-state index contributed by atoms with van der Waals surface area (Å²) in [6, 6.07) is 24.8. The number of carbonyl (C=O) groups is 1. The summed E-state index contributed by atoms with van der Waals surface area (Å²) in [5.74, 6) is 0.525. The molecule has 136 valence electrons. The van der Waals surface area contributed by atoms with Crippen molar-refractivity contribution >= 4 is 49.8 Å². The normalized spacial score (nSPS) is 10.6. The first-order valence-corrected chi connectivity index (χ1v) is 10.5. The average molecular weight is 495 g/mol. The fourth-order valence-electron chi connectivity index (χ4n) is 2.88. The number of fused-ring (bicyclic) bond motifs is 1.